The molecule has 0 amide bonds. The van der Waals surface area contributed by atoms with E-state index in [1.54, 1.807) is 0 Å². The second-order valence-electron chi connectivity index (χ2n) is 5.48. The fourth-order valence-electron chi connectivity index (χ4n) is 2.98. The van der Waals surface area contributed by atoms with Gasteiger partial charge in [-0.2, -0.15) is 4.98 Å². The molecule has 0 radical (unpaired) electrons. The van der Waals surface area contributed by atoms with E-state index in [9.17, 15) is 0 Å². The number of aromatic nitrogens is 2. The van der Waals surface area contributed by atoms with Gasteiger partial charge >= 0.3 is 0 Å². The van der Waals surface area contributed by atoms with Crippen molar-refractivity contribution in [2.75, 3.05) is 18.0 Å². The molecule has 4 nitrogen and oxygen atoms in total. The van der Waals surface area contributed by atoms with Crippen molar-refractivity contribution in [2.45, 2.75) is 39.0 Å². The van der Waals surface area contributed by atoms with E-state index >= 15 is 0 Å². The number of aryl methyl sites for hydroxylation is 2. The maximum atomic E-state index is 5.23. The molecule has 1 aliphatic heterocycles. The van der Waals surface area contributed by atoms with Crippen molar-refractivity contribution < 1.29 is 4.52 Å². The van der Waals surface area contributed by atoms with Gasteiger partial charge in [0.25, 0.3) is 5.95 Å². The summed E-state index contributed by atoms with van der Waals surface area (Å²) in [6.45, 7) is 6.22. The van der Waals surface area contributed by atoms with Crippen LogP contribution in [0.4, 0.5) is 5.95 Å². The number of nitrogens with zero attached hydrogens (tertiary/aromatic N) is 3. The second kappa shape index (κ2) is 5.65. The molecule has 0 bridgehead atoms. The van der Waals surface area contributed by atoms with E-state index in [-0.39, 0.29) is 0 Å². The summed E-state index contributed by atoms with van der Waals surface area (Å²) in [7, 11) is 0. The van der Waals surface area contributed by atoms with Gasteiger partial charge in [0, 0.05) is 25.4 Å². The first-order valence-corrected chi connectivity index (χ1v) is 7.41. The Morgan fingerprint density at radius 3 is 2.95 bits per heavy atom. The number of rotatable bonds is 3. The third kappa shape index (κ3) is 2.55. The summed E-state index contributed by atoms with van der Waals surface area (Å²) in [4.78, 5) is 6.70. The van der Waals surface area contributed by atoms with Gasteiger partial charge in [0.2, 0.25) is 5.89 Å². The summed E-state index contributed by atoms with van der Waals surface area (Å²) in [6, 6.07) is 8.67. The molecule has 20 heavy (non-hydrogen) atoms. The van der Waals surface area contributed by atoms with Crippen molar-refractivity contribution in [3.05, 3.63) is 41.3 Å². The number of piperidine rings is 1. The average Bonchev–Trinajstić information content (AvgIpc) is 2.97. The molecule has 0 spiro atoms. The lowest BCUT2D eigenvalue weighted by atomic mass is 9.88. The zero-order valence-electron chi connectivity index (χ0n) is 12.2. The van der Waals surface area contributed by atoms with Crippen molar-refractivity contribution in [3.63, 3.8) is 0 Å². The Morgan fingerprint density at radius 1 is 1.35 bits per heavy atom. The number of hydrogen-bond donors (Lipinski definition) is 0. The van der Waals surface area contributed by atoms with Crippen LogP contribution in [0, 0.1) is 6.92 Å². The number of benzene rings is 1. The van der Waals surface area contributed by atoms with Crippen LogP contribution in [-0.2, 0) is 6.42 Å². The molecule has 1 aliphatic rings. The molecule has 1 saturated heterocycles. The van der Waals surface area contributed by atoms with Gasteiger partial charge in [0.15, 0.2) is 0 Å². The third-order valence-corrected chi connectivity index (χ3v) is 4.09. The highest BCUT2D eigenvalue weighted by Gasteiger charge is 2.25. The van der Waals surface area contributed by atoms with Gasteiger partial charge in [-0.1, -0.05) is 31.2 Å². The van der Waals surface area contributed by atoms with Crippen molar-refractivity contribution >= 4 is 5.95 Å². The molecular weight excluding hydrogens is 250 g/mol. The van der Waals surface area contributed by atoms with Crippen LogP contribution in [0.15, 0.2) is 28.8 Å². The Morgan fingerprint density at radius 2 is 2.20 bits per heavy atom. The lowest BCUT2D eigenvalue weighted by molar-refractivity contribution is 0.379. The summed E-state index contributed by atoms with van der Waals surface area (Å²) < 4.78 is 5.23. The van der Waals surface area contributed by atoms with Crippen LogP contribution in [0.1, 0.15) is 42.7 Å². The van der Waals surface area contributed by atoms with Crippen LogP contribution in [0.3, 0.4) is 0 Å². The van der Waals surface area contributed by atoms with E-state index < -0.39 is 0 Å². The van der Waals surface area contributed by atoms with E-state index in [4.69, 9.17) is 4.52 Å². The zero-order chi connectivity index (χ0) is 13.9. The van der Waals surface area contributed by atoms with Gasteiger partial charge in [-0.05, 0) is 36.0 Å². The zero-order valence-corrected chi connectivity index (χ0v) is 12.2. The standard InChI is InChI=1S/C16H21N3O/c1-3-15-17-16(18-20-15)19-10-6-8-13(11-19)14-9-5-4-7-12(14)2/h4-5,7,9,13H,3,6,8,10-11H2,1-2H3/t13-/m0/s1. The molecule has 0 N–H and O–H groups in total. The highest BCUT2D eigenvalue weighted by Crippen LogP contribution is 2.30. The predicted molar refractivity (Wildman–Crippen MR) is 79.0 cm³/mol. The first-order valence-electron chi connectivity index (χ1n) is 7.41. The Bertz CT molecular complexity index is 579. The highest BCUT2D eigenvalue weighted by molar-refractivity contribution is 5.35. The Kier molecular flexibility index (Phi) is 3.72. The van der Waals surface area contributed by atoms with Gasteiger partial charge in [0.05, 0.1) is 0 Å². The predicted octanol–water partition coefficient (Wildman–Crippen LogP) is 3.32. The number of hydrogen-bond acceptors (Lipinski definition) is 4. The van der Waals surface area contributed by atoms with Crippen LogP contribution in [0.2, 0.25) is 0 Å². The third-order valence-electron chi connectivity index (χ3n) is 4.09. The lowest BCUT2D eigenvalue weighted by Gasteiger charge is -2.32. The Hall–Kier alpha value is -1.84. The highest BCUT2D eigenvalue weighted by atomic mass is 16.5. The quantitative estimate of drug-likeness (QED) is 0.858. The molecule has 1 fully saturated rings. The molecule has 0 aliphatic carbocycles. The minimum Gasteiger partial charge on any atom is -0.338 e. The van der Waals surface area contributed by atoms with Gasteiger partial charge in [-0.25, -0.2) is 0 Å². The second-order valence-corrected chi connectivity index (χ2v) is 5.48. The maximum absolute atomic E-state index is 5.23. The van der Waals surface area contributed by atoms with E-state index in [1.807, 2.05) is 6.92 Å². The van der Waals surface area contributed by atoms with Crippen molar-refractivity contribution in [3.8, 4) is 0 Å². The molecule has 2 heterocycles. The van der Waals surface area contributed by atoms with Gasteiger partial charge < -0.3 is 9.42 Å². The van der Waals surface area contributed by atoms with Gasteiger partial charge in [-0.15, -0.1) is 0 Å². The van der Waals surface area contributed by atoms with Crippen LogP contribution in [0.5, 0.6) is 0 Å². The van der Waals surface area contributed by atoms with Crippen LogP contribution < -0.4 is 4.90 Å². The first kappa shape index (κ1) is 13.2. The maximum Gasteiger partial charge on any atom is 0.266 e. The van der Waals surface area contributed by atoms with Gasteiger partial charge in [0.1, 0.15) is 0 Å². The fourth-order valence-corrected chi connectivity index (χ4v) is 2.98. The first-order chi connectivity index (χ1) is 9.78. The van der Waals surface area contributed by atoms with Crippen LogP contribution in [-0.4, -0.2) is 23.2 Å². The Labute approximate surface area is 119 Å². The van der Waals surface area contributed by atoms with Crippen molar-refractivity contribution in [2.24, 2.45) is 0 Å². The molecule has 106 valence electrons. The molecule has 3 rings (SSSR count). The molecule has 0 unspecified atom stereocenters. The fraction of sp³-hybridized carbons (Fsp3) is 0.500. The molecule has 0 saturated carbocycles. The summed E-state index contributed by atoms with van der Waals surface area (Å²) >= 11 is 0. The monoisotopic (exact) mass is 271 g/mol. The van der Waals surface area contributed by atoms with E-state index in [1.165, 1.54) is 24.0 Å². The lowest BCUT2D eigenvalue weighted by Crippen LogP contribution is -2.35. The largest absolute Gasteiger partial charge is 0.338 e. The van der Waals surface area contributed by atoms with Crippen molar-refractivity contribution in [1.29, 1.82) is 0 Å². The average molecular weight is 271 g/mol. The van der Waals surface area contributed by atoms with E-state index in [0.29, 0.717) is 5.92 Å². The molecule has 4 heteroatoms. The summed E-state index contributed by atoms with van der Waals surface area (Å²) in [5.74, 6) is 2.03. The Balaban J connectivity index is 1.78. The smallest absolute Gasteiger partial charge is 0.266 e. The summed E-state index contributed by atoms with van der Waals surface area (Å²) in [6.07, 6.45) is 3.21. The summed E-state index contributed by atoms with van der Waals surface area (Å²) in [5, 5.41) is 4.10. The molecule has 1 atom stereocenters. The SMILES string of the molecule is CCc1nc(N2CCC[C@H](c3ccccc3C)C2)no1. The minimum atomic E-state index is 0.563. The van der Waals surface area contributed by atoms with Gasteiger partial charge in [-0.3, -0.25) is 0 Å². The summed E-state index contributed by atoms with van der Waals surface area (Å²) in [5.41, 5.74) is 2.83. The normalized spacial score (nSPS) is 19.3. The number of anilines is 1. The van der Waals surface area contributed by atoms with Crippen LogP contribution in [0.25, 0.3) is 0 Å². The minimum absolute atomic E-state index is 0.563. The van der Waals surface area contributed by atoms with E-state index in [0.717, 1.165) is 31.3 Å². The molecule has 1 aromatic heterocycles. The van der Waals surface area contributed by atoms with Crippen LogP contribution >= 0.6 is 0 Å². The topological polar surface area (TPSA) is 42.2 Å². The molecule has 2 aromatic rings. The van der Waals surface area contributed by atoms with Crippen molar-refractivity contribution in [1.82, 2.24) is 10.1 Å². The molecule has 1 aromatic carbocycles. The molecular formula is C16H21N3O. The van der Waals surface area contributed by atoms with E-state index in [2.05, 4.69) is 46.2 Å².